The van der Waals surface area contributed by atoms with Crippen LogP contribution < -0.4 is 10.6 Å². The molecule has 4 amide bonds. The number of amides is 4. The highest BCUT2D eigenvalue weighted by Gasteiger charge is 2.38. The summed E-state index contributed by atoms with van der Waals surface area (Å²) in [6, 6.07) is 3.53. The monoisotopic (exact) mass is 343 g/mol. The van der Waals surface area contributed by atoms with E-state index in [1.54, 1.807) is 12.1 Å². The van der Waals surface area contributed by atoms with Crippen LogP contribution in [-0.4, -0.2) is 35.3 Å². The normalized spacial score (nSPS) is 17.6. The molecular formula is C14H15Cl2N3O3. The smallest absolute Gasteiger partial charge is 0.325 e. The molecule has 1 aromatic carbocycles. The molecule has 22 heavy (non-hydrogen) atoms. The number of nitrogens with one attached hydrogen (secondary N) is 2. The number of imide groups is 1. The van der Waals surface area contributed by atoms with Crippen LogP contribution in [0.5, 0.6) is 0 Å². The summed E-state index contributed by atoms with van der Waals surface area (Å²) in [4.78, 5) is 36.6. The largest absolute Gasteiger partial charge is 0.326 e. The van der Waals surface area contributed by atoms with Crippen molar-refractivity contribution in [3.05, 3.63) is 28.2 Å². The first kappa shape index (κ1) is 16.6. The van der Waals surface area contributed by atoms with Gasteiger partial charge in [0.15, 0.2) is 0 Å². The summed E-state index contributed by atoms with van der Waals surface area (Å²) in [6.45, 7) is 1.57. The Kier molecular flexibility index (Phi) is 5.26. The average molecular weight is 344 g/mol. The van der Waals surface area contributed by atoms with Gasteiger partial charge in [0.1, 0.15) is 12.6 Å². The van der Waals surface area contributed by atoms with Crippen molar-refractivity contribution in [2.45, 2.75) is 25.8 Å². The molecular weight excluding hydrogens is 329 g/mol. The molecule has 118 valence electrons. The van der Waals surface area contributed by atoms with E-state index in [4.69, 9.17) is 23.2 Å². The molecule has 0 radical (unpaired) electrons. The summed E-state index contributed by atoms with van der Waals surface area (Å²) in [6.07, 6.45) is 1.31. The third-order valence-electron chi connectivity index (χ3n) is 3.19. The highest BCUT2D eigenvalue weighted by molar-refractivity contribution is 6.42. The van der Waals surface area contributed by atoms with Crippen LogP contribution in [0, 0.1) is 0 Å². The van der Waals surface area contributed by atoms with Gasteiger partial charge in [0.05, 0.1) is 10.0 Å². The minimum atomic E-state index is -0.548. The van der Waals surface area contributed by atoms with E-state index in [9.17, 15) is 14.4 Å². The van der Waals surface area contributed by atoms with Gasteiger partial charge in [-0.25, -0.2) is 4.79 Å². The number of carbonyl (C=O) groups excluding carboxylic acids is 3. The Morgan fingerprint density at radius 1 is 1.32 bits per heavy atom. The molecule has 0 saturated carbocycles. The van der Waals surface area contributed by atoms with Gasteiger partial charge in [-0.15, -0.1) is 0 Å². The van der Waals surface area contributed by atoms with Crippen LogP contribution in [0.25, 0.3) is 0 Å². The molecule has 6 nitrogen and oxygen atoms in total. The lowest BCUT2D eigenvalue weighted by atomic mass is 10.2. The lowest BCUT2D eigenvalue weighted by Gasteiger charge is -2.13. The van der Waals surface area contributed by atoms with E-state index in [0.717, 1.165) is 11.3 Å². The second-order valence-electron chi connectivity index (χ2n) is 4.89. The Labute approximate surface area is 137 Å². The Morgan fingerprint density at radius 2 is 2.05 bits per heavy atom. The zero-order valence-corrected chi connectivity index (χ0v) is 13.4. The number of anilines is 1. The van der Waals surface area contributed by atoms with Crippen LogP contribution in [0.1, 0.15) is 19.8 Å². The van der Waals surface area contributed by atoms with Crippen LogP contribution in [0.4, 0.5) is 10.5 Å². The maximum Gasteiger partial charge on any atom is 0.325 e. The molecule has 2 N–H and O–H groups in total. The third kappa shape index (κ3) is 3.69. The van der Waals surface area contributed by atoms with Gasteiger partial charge < -0.3 is 10.6 Å². The molecule has 1 fully saturated rings. The predicted molar refractivity (Wildman–Crippen MR) is 84.0 cm³/mol. The van der Waals surface area contributed by atoms with Crippen LogP contribution in [0.15, 0.2) is 18.2 Å². The lowest BCUT2D eigenvalue weighted by molar-refractivity contribution is -0.130. The molecule has 0 bridgehead atoms. The standard InChI is InChI=1S/C14H15Cl2N3O3/c1-2-3-11-13(21)19(14(22)18-11)7-12(20)17-8-4-5-9(15)10(16)6-8/h4-6,11H,2-3,7H2,1H3,(H,17,20)(H,18,22). The second kappa shape index (κ2) is 6.98. The molecule has 1 atom stereocenters. The van der Waals surface area contributed by atoms with Crippen molar-refractivity contribution in [2.24, 2.45) is 0 Å². The van der Waals surface area contributed by atoms with Crippen LogP contribution >= 0.6 is 23.2 Å². The number of rotatable bonds is 5. The Balaban J connectivity index is 1.98. The fourth-order valence-corrected chi connectivity index (χ4v) is 2.43. The molecule has 0 aliphatic carbocycles. The first-order valence-electron chi connectivity index (χ1n) is 6.79. The fourth-order valence-electron chi connectivity index (χ4n) is 2.13. The van der Waals surface area contributed by atoms with E-state index in [1.165, 1.54) is 6.07 Å². The molecule has 2 rings (SSSR count). The third-order valence-corrected chi connectivity index (χ3v) is 3.93. The summed E-state index contributed by atoms with van der Waals surface area (Å²) >= 11 is 11.6. The molecule has 1 aliphatic rings. The van der Waals surface area contributed by atoms with Crippen molar-refractivity contribution in [3.8, 4) is 0 Å². The quantitative estimate of drug-likeness (QED) is 0.806. The first-order chi connectivity index (χ1) is 10.4. The van der Waals surface area contributed by atoms with Crippen molar-refractivity contribution >= 4 is 46.7 Å². The predicted octanol–water partition coefficient (Wildman–Crippen LogP) is 2.65. The van der Waals surface area contributed by atoms with E-state index in [-0.39, 0.29) is 12.5 Å². The summed E-state index contributed by atoms with van der Waals surface area (Å²) in [5.41, 5.74) is 0.441. The van der Waals surface area contributed by atoms with Gasteiger partial charge >= 0.3 is 6.03 Å². The van der Waals surface area contributed by atoms with E-state index >= 15 is 0 Å². The number of carbonyl (C=O) groups is 3. The number of hydrogen-bond donors (Lipinski definition) is 2. The van der Waals surface area contributed by atoms with Gasteiger partial charge in [-0.1, -0.05) is 36.5 Å². The molecule has 1 aromatic rings. The van der Waals surface area contributed by atoms with Crippen molar-refractivity contribution in [3.63, 3.8) is 0 Å². The van der Waals surface area contributed by atoms with Gasteiger partial charge in [-0.2, -0.15) is 0 Å². The van der Waals surface area contributed by atoms with Crippen molar-refractivity contribution in [2.75, 3.05) is 11.9 Å². The minimum absolute atomic E-state index is 0.303. The SMILES string of the molecule is CCCC1NC(=O)N(CC(=O)Nc2ccc(Cl)c(Cl)c2)C1=O. The van der Waals surface area contributed by atoms with Crippen LogP contribution in [0.2, 0.25) is 10.0 Å². The van der Waals surface area contributed by atoms with Crippen LogP contribution in [0.3, 0.4) is 0 Å². The van der Waals surface area contributed by atoms with Crippen molar-refractivity contribution in [1.29, 1.82) is 0 Å². The maximum absolute atomic E-state index is 12.0. The molecule has 1 heterocycles. The first-order valence-corrected chi connectivity index (χ1v) is 7.54. The number of halogens is 2. The number of benzene rings is 1. The molecule has 1 unspecified atom stereocenters. The van der Waals surface area contributed by atoms with E-state index in [2.05, 4.69) is 10.6 Å². The maximum atomic E-state index is 12.0. The summed E-state index contributed by atoms with van der Waals surface area (Å²) in [5, 5.41) is 5.80. The number of hydrogen-bond acceptors (Lipinski definition) is 3. The summed E-state index contributed by atoms with van der Waals surface area (Å²) in [5.74, 6) is -0.866. The Bertz CT molecular complexity index is 621. The minimum Gasteiger partial charge on any atom is -0.326 e. The zero-order chi connectivity index (χ0) is 16.3. The van der Waals surface area contributed by atoms with Gasteiger partial charge in [0.2, 0.25) is 5.91 Å². The van der Waals surface area contributed by atoms with E-state index in [0.29, 0.717) is 22.2 Å². The van der Waals surface area contributed by atoms with Crippen LogP contribution in [-0.2, 0) is 9.59 Å². The van der Waals surface area contributed by atoms with E-state index < -0.39 is 18.0 Å². The number of urea groups is 1. The molecule has 0 aromatic heterocycles. The van der Waals surface area contributed by atoms with E-state index in [1.807, 2.05) is 6.92 Å². The topological polar surface area (TPSA) is 78.5 Å². The van der Waals surface area contributed by atoms with Gasteiger partial charge in [-0.05, 0) is 24.6 Å². The molecule has 1 aliphatic heterocycles. The van der Waals surface area contributed by atoms with Crippen molar-refractivity contribution in [1.82, 2.24) is 10.2 Å². The lowest BCUT2D eigenvalue weighted by Crippen LogP contribution is -2.38. The van der Waals surface area contributed by atoms with Gasteiger partial charge in [0.25, 0.3) is 5.91 Å². The highest BCUT2D eigenvalue weighted by Crippen LogP contribution is 2.25. The Morgan fingerprint density at radius 3 is 2.68 bits per heavy atom. The highest BCUT2D eigenvalue weighted by atomic mass is 35.5. The summed E-state index contributed by atoms with van der Waals surface area (Å²) < 4.78 is 0. The Hall–Kier alpha value is -1.79. The molecule has 8 heteroatoms. The number of nitrogens with zero attached hydrogens (tertiary/aromatic N) is 1. The second-order valence-corrected chi connectivity index (χ2v) is 5.71. The van der Waals surface area contributed by atoms with Gasteiger partial charge in [-0.3, -0.25) is 14.5 Å². The van der Waals surface area contributed by atoms with Gasteiger partial charge in [0, 0.05) is 5.69 Å². The summed E-state index contributed by atoms with van der Waals surface area (Å²) in [7, 11) is 0. The fraction of sp³-hybridized carbons (Fsp3) is 0.357. The average Bonchev–Trinajstić information content (AvgIpc) is 2.71. The zero-order valence-electron chi connectivity index (χ0n) is 11.9. The van der Waals surface area contributed by atoms with Crippen molar-refractivity contribution < 1.29 is 14.4 Å². The molecule has 0 spiro atoms. The molecule has 1 saturated heterocycles.